The van der Waals surface area contributed by atoms with E-state index in [0.29, 0.717) is 11.1 Å². The van der Waals surface area contributed by atoms with Crippen LogP contribution in [0.1, 0.15) is 30.9 Å². The van der Waals surface area contributed by atoms with Crippen LogP contribution >= 0.6 is 0 Å². The van der Waals surface area contributed by atoms with Gasteiger partial charge in [-0.05, 0) is 31.4 Å². The van der Waals surface area contributed by atoms with Crippen molar-refractivity contribution in [3.05, 3.63) is 58.4 Å². The highest BCUT2D eigenvalue weighted by molar-refractivity contribution is 5.98. The molecule has 1 saturated heterocycles. The second kappa shape index (κ2) is 4.98. The molecule has 0 aromatic heterocycles. The lowest BCUT2D eigenvalue weighted by Crippen LogP contribution is -2.26. The molecule has 3 aliphatic rings. The number of cyclic esters (lactones) is 1. The van der Waals surface area contributed by atoms with Crippen molar-refractivity contribution in [2.45, 2.75) is 38.5 Å². The minimum absolute atomic E-state index is 0.00110. The topological polar surface area (TPSA) is 64.6 Å². The third kappa shape index (κ3) is 2.07. The van der Waals surface area contributed by atoms with Gasteiger partial charge < -0.3 is 14.8 Å². The van der Waals surface area contributed by atoms with Crippen LogP contribution in [0.3, 0.4) is 0 Å². The van der Waals surface area contributed by atoms with E-state index in [1.807, 2.05) is 12.1 Å². The fourth-order valence-corrected chi connectivity index (χ4v) is 3.51. The SMILES string of the molecule is CC1=C(C)C(O/C=C2/C(=O)NC3Cc4ccccc4C23)OC1=O. The molecule has 3 atom stereocenters. The molecule has 1 aliphatic carbocycles. The molecule has 118 valence electrons. The summed E-state index contributed by atoms with van der Waals surface area (Å²) in [6.45, 7) is 3.51. The Kier molecular flexibility index (Phi) is 3.04. The maximum absolute atomic E-state index is 12.2. The van der Waals surface area contributed by atoms with Crippen LogP contribution in [0.4, 0.5) is 0 Å². The van der Waals surface area contributed by atoms with E-state index in [2.05, 4.69) is 17.4 Å². The van der Waals surface area contributed by atoms with Crippen LogP contribution in [0.15, 0.2) is 47.2 Å². The summed E-state index contributed by atoms with van der Waals surface area (Å²) in [6, 6.07) is 8.22. The molecule has 0 bridgehead atoms. The molecule has 5 heteroatoms. The van der Waals surface area contributed by atoms with Crippen molar-refractivity contribution in [2.75, 3.05) is 0 Å². The highest BCUT2D eigenvalue weighted by Gasteiger charge is 2.44. The summed E-state index contributed by atoms with van der Waals surface area (Å²) in [7, 11) is 0. The van der Waals surface area contributed by atoms with E-state index in [0.717, 1.165) is 17.6 Å². The molecule has 0 radical (unpaired) electrons. The van der Waals surface area contributed by atoms with Gasteiger partial charge in [0.05, 0.1) is 11.8 Å². The zero-order valence-corrected chi connectivity index (χ0v) is 13.0. The van der Waals surface area contributed by atoms with Crippen LogP contribution in [0, 0.1) is 0 Å². The lowest BCUT2D eigenvalue weighted by molar-refractivity contribution is -0.153. The third-order valence-electron chi connectivity index (χ3n) is 4.93. The van der Waals surface area contributed by atoms with Gasteiger partial charge in [-0.1, -0.05) is 24.3 Å². The van der Waals surface area contributed by atoms with Crippen molar-refractivity contribution >= 4 is 11.9 Å². The number of hydrogen-bond donors (Lipinski definition) is 1. The fraction of sp³-hybridized carbons (Fsp3) is 0.333. The molecular formula is C18H17NO4. The Morgan fingerprint density at radius 3 is 2.78 bits per heavy atom. The van der Waals surface area contributed by atoms with Gasteiger partial charge in [0.2, 0.25) is 0 Å². The first kappa shape index (κ1) is 14.1. The van der Waals surface area contributed by atoms with Gasteiger partial charge in [0.15, 0.2) is 0 Å². The van der Waals surface area contributed by atoms with Crippen molar-refractivity contribution in [3.8, 4) is 0 Å². The number of amides is 1. The predicted molar refractivity (Wildman–Crippen MR) is 82.2 cm³/mol. The second-order valence-electron chi connectivity index (χ2n) is 6.22. The van der Waals surface area contributed by atoms with E-state index < -0.39 is 6.29 Å². The van der Waals surface area contributed by atoms with Crippen LogP contribution in [-0.4, -0.2) is 24.2 Å². The lowest BCUT2D eigenvalue weighted by atomic mass is 9.94. The average molecular weight is 311 g/mol. The standard InChI is InChI=1S/C18H17NO4/c1-9-10(2)18(23-17(9)21)22-8-13-15-12-6-4-3-5-11(12)7-14(15)19-16(13)20/h3-6,8,14-15,18H,7H2,1-2H3,(H,19,20)/b13-8+. The van der Waals surface area contributed by atoms with Gasteiger partial charge in [0.1, 0.15) is 0 Å². The lowest BCUT2D eigenvalue weighted by Gasteiger charge is -2.13. The molecule has 0 spiro atoms. The molecule has 5 nitrogen and oxygen atoms in total. The number of hydrogen-bond acceptors (Lipinski definition) is 4. The van der Waals surface area contributed by atoms with Gasteiger partial charge in [0.25, 0.3) is 12.2 Å². The number of esters is 1. The number of carbonyl (C=O) groups excluding carboxylic acids is 2. The van der Waals surface area contributed by atoms with Crippen LogP contribution in [-0.2, 0) is 25.5 Å². The minimum Gasteiger partial charge on any atom is -0.458 e. The Hall–Kier alpha value is -2.56. The van der Waals surface area contributed by atoms with Crippen molar-refractivity contribution in [3.63, 3.8) is 0 Å². The number of ether oxygens (including phenoxy) is 2. The summed E-state index contributed by atoms with van der Waals surface area (Å²) in [6.07, 6.45) is 1.56. The van der Waals surface area contributed by atoms with Crippen molar-refractivity contribution in [1.29, 1.82) is 0 Å². The molecule has 1 N–H and O–H groups in total. The molecule has 2 heterocycles. The highest BCUT2D eigenvalue weighted by Crippen LogP contribution is 2.42. The number of nitrogens with one attached hydrogen (secondary N) is 1. The van der Waals surface area contributed by atoms with Crippen LogP contribution in [0.2, 0.25) is 0 Å². The number of rotatable bonds is 2. The molecule has 23 heavy (non-hydrogen) atoms. The Bertz CT molecular complexity index is 777. The maximum atomic E-state index is 12.2. The molecule has 3 unspecified atom stereocenters. The number of benzene rings is 1. The highest BCUT2D eigenvalue weighted by atomic mass is 16.7. The normalized spacial score (nSPS) is 30.3. The smallest absolute Gasteiger partial charge is 0.337 e. The number of fused-ring (bicyclic) bond motifs is 3. The Morgan fingerprint density at radius 2 is 2.04 bits per heavy atom. The van der Waals surface area contributed by atoms with Gasteiger partial charge in [-0.2, -0.15) is 0 Å². The maximum Gasteiger partial charge on any atom is 0.337 e. The average Bonchev–Trinajstić information content (AvgIpc) is 3.12. The minimum atomic E-state index is -0.738. The first-order valence-electron chi connectivity index (χ1n) is 7.69. The van der Waals surface area contributed by atoms with Crippen LogP contribution in [0.25, 0.3) is 0 Å². The molecule has 2 aliphatic heterocycles. The summed E-state index contributed by atoms with van der Waals surface area (Å²) in [5.41, 5.74) is 4.32. The Balaban J connectivity index is 1.61. The van der Waals surface area contributed by atoms with E-state index in [-0.39, 0.29) is 23.8 Å². The summed E-state index contributed by atoms with van der Waals surface area (Å²) >= 11 is 0. The van der Waals surface area contributed by atoms with Gasteiger partial charge in [-0.25, -0.2) is 4.79 Å². The zero-order valence-electron chi connectivity index (χ0n) is 13.0. The second-order valence-corrected chi connectivity index (χ2v) is 6.22. The van der Waals surface area contributed by atoms with E-state index in [1.165, 1.54) is 11.8 Å². The first-order valence-corrected chi connectivity index (χ1v) is 7.69. The quantitative estimate of drug-likeness (QED) is 0.515. The Labute approximate surface area is 134 Å². The summed E-state index contributed by atoms with van der Waals surface area (Å²) in [5.74, 6) is -0.482. The van der Waals surface area contributed by atoms with Crippen molar-refractivity contribution in [2.24, 2.45) is 0 Å². The van der Waals surface area contributed by atoms with Crippen LogP contribution < -0.4 is 5.32 Å². The van der Waals surface area contributed by atoms with Crippen LogP contribution in [0.5, 0.6) is 0 Å². The van der Waals surface area contributed by atoms with Crippen molar-refractivity contribution < 1.29 is 19.1 Å². The van der Waals surface area contributed by atoms with Gasteiger partial charge in [-0.15, -0.1) is 0 Å². The van der Waals surface area contributed by atoms with E-state index >= 15 is 0 Å². The summed E-state index contributed by atoms with van der Waals surface area (Å²) in [5, 5.41) is 3.01. The molecule has 1 amide bonds. The van der Waals surface area contributed by atoms with Gasteiger partial charge >= 0.3 is 5.97 Å². The van der Waals surface area contributed by atoms with Crippen molar-refractivity contribution in [1.82, 2.24) is 5.32 Å². The van der Waals surface area contributed by atoms with E-state index in [9.17, 15) is 9.59 Å². The summed E-state index contributed by atoms with van der Waals surface area (Å²) < 4.78 is 10.8. The largest absolute Gasteiger partial charge is 0.458 e. The molecule has 4 rings (SSSR count). The monoisotopic (exact) mass is 311 g/mol. The predicted octanol–water partition coefficient (Wildman–Crippen LogP) is 1.94. The van der Waals surface area contributed by atoms with Gasteiger partial charge in [0, 0.05) is 23.1 Å². The Morgan fingerprint density at radius 1 is 1.26 bits per heavy atom. The molecule has 0 saturated carbocycles. The zero-order chi connectivity index (χ0) is 16.1. The molecule has 1 fully saturated rings. The fourth-order valence-electron chi connectivity index (χ4n) is 3.51. The number of carbonyl (C=O) groups is 2. The molecular weight excluding hydrogens is 294 g/mol. The van der Waals surface area contributed by atoms with Gasteiger partial charge in [-0.3, -0.25) is 4.79 Å². The molecule has 1 aromatic rings. The summed E-state index contributed by atoms with van der Waals surface area (Å²) in [4.78, 5) is 23.8. The van der Waals surface area contributed by atoms with E-state index in [4.69, 9.17) is 9.47 Å². The first-order chi connectivity index (χ1) is 11.1. The third-order valence-corrected chi connectivity index (χ3v) is 4.93. The van der Waals surface area contributed by atoms with E-state index in [1.54, 1.807) is 13.8 Å². The molecule has 1 aromatic carbocycles.